The summed E-state index contributed by atoms with van der Waals surface area (Å²) in [6, 6.07) is 0. The smallest absolute Gasteiger partial charge is 0.240 e. The third kappa shape index (κ3) is 1.22. The summed E-state index contributed by atoms with van der Waals surface area (Å²) in [4.78, 5) is 0. The zero-order chi connectivity index (χ0) is 8.98. The minimum atomic E-state index is -2.85. The lowest BCUT2D eigenvalue weighted by Gasteiger charge is -2.39. The van der Waals surface area contributed by atoms with Gasteiger partial charge >= 0.3 is 0 Å². The van der Waals surface area contributed by atoms with Gasteiger partial charge in [0.25, 0.3) is 5.92 Å². The highest BCUT2D eigenvalue weighted by molar-refractivity contribution is 7.91. The van der Waals surface area contributed by atoms with Crippen molar-refractivity contribution < 1.29 is 13.0 Å². The number of rotatable bonds is 2. The molecule has 2 fully saturated rings. The van der Waals surface area contributed by atoms with E-state index in [4.69, 9.17) is 4.78 Å². The van der Waals surface area contributed by atoms with Crippen molar-refractivity contribution in [3.63, 3.8) is 0 Å². The Bertz CT molecular complexity index is 289. The Balaban J connectivity index is 2.04. The first-order chi connectivity index (χ1) is 5.42. The molecule has 12 heavy (non-hydrogen) atoms. The van der Waals surface area contributed by atoms with Crippen molar-refractivity contribution in [2.75, 3.05) is 13.1 Å². The Morgan fingerprint density at radius 1 is 1.42 bits per heavy atom. The van der Waals surface area contributed by atoms with Crippen molar-refractivity contribution in [2.45, 2.75) is 24.0 Å². The van der Waals surface area contributed by atoms with Crippen molar-refractivity contribution >= 4 is 9.92 Å². The number of hydrogen-bond donors (Lipinski definition) is 1. The van der Waals surface area contributed by atoms with Crippen LogP contribution in [-0.4, -0.2) is 32.8 Å². The topological polar surface area (TPSA) is 44.2 Å². The maximum atomic E-state index is 12.4. The maximum Gasteiger partial charge on any atom is 0.275 e. The third-order valence-electron chi connectivity index (χ3n) is 2.18. The number of hydrogen-bond acceptors (Lipinski definition) is 2. The van der Waals surface area contributed by atoms with Crippen LogP contribution in [0.4, 0.5) is 8.78 Å². The van der Waals surface area contributed by atoms with Crippen LogP contribution < -0.4 is 0 Å². The molecule has 0 radical (unpaired) electrons. The normalized spacial score (nSPS) is 33.8. The van der Waals surface area contributed by atoms with Gasteiger partial charge in [-0.15, -0.1) is 0 Å². The van der Waals surface area contributed by atoms with Crippen LogP contribution in [-0.2, 0) is 9.92 Å². The van der Waals surface area contributed by atoms with Gasteiger partial charge in [0.1, 0.15) is 9.92 Å². The molecule has 3 nitrogen and oxygen atoms in total. The Hall–Kier alpha value is -0.230. The van der Waals surface area contributed by atoms with E-state index in [2.05, 4.69) is 0 Å². The summed E-state index contributed by atoms with van der Waals surface area (Å²) in [6.07, 6.45) is 1.51. The summed E-state index contributed by atoms with van der Waals surface area (Å²) in [7, 11) is -2.85. The van der Waals surface area contributed by atoms with E-state index in [-0.39, 0.29) is 5.25 Å². The van der Waals surface area contributed by atoms with E-state index in [1.165, 1.54) is 0 Å². The monoisotopic (exact) mass is 196 g/mol. The molecule has 1 atom stereocenters. The molecule has 1 aliphatic carbocycles. The summed E-state index contributed by atoms with van der Waals surface area (Å²) in [5.41, 5.74) is 0. The fourth-order valence-corrected chi connectivity index (χ4v) is 3.22. The van der Waals surface area contributed by atoms with Crippen LogP contribution in [0.15, 0.2) is 0 Å². The van der Waals surface area contributed by atoms with Gasteiger partial charge in [0.05, 0.1) is 18.3 Å². The van der Waals surface area contributed by atoms with Gasteiger partial charge < -0.3 is 0 Å². The first-order valence-corrected chi connectivity index (χ1v) is 5.40. The van der Waals surface area contributed by atoms with Crippen LogP contribution in [0, 0.1) is 4.78 Å². The molecular weight excluding hydrogens is 186 g/mol. The van der Waals surface area contributed by atoms with Gasteiger partial charge in [-0.25, -0.2) is 22.1 Å². The lowest BCUT2D eigenvalue weighted by Crippen LogP contribution is -2.58. The quantitative estimate of drug-likeness (QED) is 0.705. The molecule has 1 saturated heterocycles. The Kier molecular flexibility index (Phi) is 1.51. The molecule has 0 amide bonds. The summed E-state index contributed by atoms with van der Waals surface area (Å²) in [5, 5.41) is -0.145. The second kappa shape index (κ2) is 2.17. The van der Waals surface area contributed by atoms with E-state index in [1.807, 2.05) is 0 Å². The number of alkyl halides is 2. The highest BCUT2D eigenvalue weighted by atomic mass is 32.2. The molecule has 70 valence electrons. The molecule has 6 heteroatoms. The molecule has 1 aliphatic heterocycles. The van der Waals surface area contributed by atoms with Gasteiger partial charge in [0.15, 0.2) is 0 Å². The second-order valence-electron chi connectivity index (χ2n) is 3.42. The molecule has 2 rings (SSSR count). The molecule has 2 aliphatic rings. The van der Waals surface area contributed by atoms with Crippen molar-refractivity contribution in [1.82, 2.24) is 4.31 Å². The van der Waals surface area contributed by atoms with Gasteiger partial charge in [-0.1, -0.05) is 0 Å². The van der Waals surface area contributed by atoms with Crippen LogP contribution in [0.2, 0.25) is 0 Å². The van der Waals surface area contributed by atoms with Gasteiger partial charge in [-0.2, -0.15) is 0 Å². The number of nitrogens with zero attached hydrogens (tertiary/aromatic N) is 1. The van der Waals surface area contributed by atoms with E-state index in [9.17, 15) is 13.0 Å². The van der Waals surface area contributed by atoms with Crippen LogP contribution in [0.3, 0.4) is 0 Å². The predicted molar refractivity (Wildman–Crippen MR) is 40.4 cm³/mol. The highest BCUT2D eigenvalue weighted by Gasteiger charge is 2.51. The van der Waals surface area contributed by atoms with Gasteiger partial charge in [0, 0.05) is 0 Å². The molecule has 0 aromatic rings. The minimum Gasteiger partial charge on any atom is -0.240 e. The summed E-state index contributed by atoms with van der Waals surface area (Å²) in [5.74, 6) is -2.71. The summed E-state index contributed by atoms with van der Waals surface area (Å²) < 4.78 is 44.7. The fourth-order valence-electron chi connectivity index (χ4n) is 1.26. The molecule has 1 saturated carbocycles. The van der Waals surface area contributed by atoms with E-state index < -0.39 is 28.9 Å². The van der Waals surface area contributed by atoms with E-state index in [1.54, 1.807) is 0 Å². The average Bonchev–Trinajstić information content (AvgIpc) is 2.62. The van der Waals surface area contributed by atoms with E-state index >= 15 is 0 Å². The van der Waals surface area contributed by atoms with Crippen LogP contribution in [0.1, 0.15) is 12.8 Å². The molecule has 1 unspecified atom stereocenters. The van der Waals surface area contributed by atoms with Crippen LogP contribution in [0.25, 0.3) is 0 Å². The Morgan fingerprint density at radius 2 is 1.92 bits per heavy atom. The molecule has 0 aromatic carbocycles. The van der Waals surface area contributed by atoms with Crippen molar-refractivity contribution in [1.29, 1.82) is 4.78 Å². The van der Waals surface area contributed by atoms with Crippen molar-refractivity contribution in [2.24, 2.45) is 0 Å². The fraction of sp³-hybridized carbons (Fsp3) is 1.00. The first kappa shape index (κ1) is 8.37. The molecule has 1 heterocycles. The predicted octanol–water partition coefficient (Wildman–Crippen LogP) is 1.06. The lowest BCUT2D eigenvalue weighted by molar-refractivity contribution is -0.0935. The van der Waals surface area contributed by atoms with Crippen molar-refractivity contribution in [3.8, 4) is 0 Å². The largest absolute Gasteiger partial charge is 0.275 e. The molecule has 0 aromatic heterocycles. The number of nitrogens with one attached hydrogen (secondary N) is 1. The van der Waals surface area contributed by atoms with E-state index in [0.717, 1.165) is 17.1 Å². The third-order valence-corrected chi connectivity index (χ3v) is 4.58. The highest BCUT2D eigenvalue weighted by Crippen LogP contribution is 2.37. The van der Waals surface area contributed by atoms with Crippen LogP contribution in [0.5, 0.6) is 0 Å². The minimum absolute atomic E-state index is 0.145. The molecule has 0 spiro atoms. The lowest BCUT2D eigenvalue weighted by atomic mass is 10.2. The molecular formula is C6H10F2N2OS. The SMILES string of the molecule is N=S(=O)(C1CC1)N1CC(F)(F)C1. The van der Waals surface area contributed by atoms with Gasteiger partial charge in [-0.3, -0.25) is 0 Å². The average molecular weight is 196 g/mol. The second-order valence-corrected chi connectivity index (χ2v) is 5.74. The maximum absolute atomic E-state index is 12.4. The number of halogens is 2. The zero-order valence-electron chi connectivity index (χ0n) is 6.43. The summed E-state index contributed by atoms with van der Waals surface area (Å²) in [6.45, 7) is -0.988. The molecule has 1 N–H and O–H groups in total. The standard InChI is InChI=1S/C6H10F2N2OS/c7-6(8)3-10(4-6)12(9,11)5-1-2-5/h5,9H,1-4H2. The Labute approximate surface area is 69.8 Å². The Morgan fingerprint density at radius 3 is 2.25 bits per heavy atom. The van der Waals surface area contributed by atoms with Crippen LogP contribution >= 0.6 is 0 Å². The van der Waals surface area contributed by atoms with Crippen molar-refractivity contribution in [3.05, 3.63) is 0 Å². The molecule has 0 bridgehead atoms. The van der Waals surface area contributed by atoms with E-state index in [0.29, 0.717) is 0 Å². The zero-order valence-corrected chi connectivity index (χ0v) is 7.24. The summed E-state index contributed by atoms with van der Waals surface area (Å²) >= 11 is 0. The van der Waals surface area contributed by atoms with Gasteiger partial charge in [0.2, 0.25) is 0 Å². The first-order valence-electron chi connectivity index (χ1n) is 3.82. The van der Waals surface area contributed by atoms with Gasteiger partial charge in [-0.05, 0) is 12.8 Å².